The molecular weight excluding hydrogens is 226 g/mol. The summed E-state index contributed by atoms with van der Waals surface area (Å²) in [5.41, 5.74) is 0.332. The zero-order valence-corrected chi connectivity index (χ0v) is 8.13. The predicted octanol–water partition coefficient (Wildman–Crippen LogP) is 1.40. The lowest BCUT2D eigenvalue weighted by Crippen LogP contribution is -1.99. The lowest BCUT2D eigenvalue weighted by molar-refractivity contribution is 0.101. The molecule has 0 aliphatic rings. The number of ketones is 1. The summed E-state index contributed by atoms with van der Waals surface area (Å²) in [4.78, 5) is 11.0. The number of ether oxygens (including phenoxy) is 1. The van der Waals surface area contributed by atoms with Crippen LogP contribution >= 0.6 is 15.9 Å². The maximum atomic E-state index is 11.0. The molecule has 12 heavy (non-hydrogen) atoms. The van der Waals surface area contributed by atoms with Gasteiger partial charge in [0.2, 0.25) is 0 Å². The van der Waals surface area contributed by atoms with Crippen molar-refractivity contribution in [3.8, 4) is 0 Å². The van der Waals surface area contributed by atoms with Crippen molar-refractivity contribution in [3.63, 3.8) is 0 Å². The highest BCUT2D eigenvalue weighted by Gasteiger charge is 2.10. The van der Waals surface area contributed by atoms with Gasteiger partial charge in [-0.1, -0.05) is 21.1 Å². The smallest absolute Gasteiger partial charge is 0.195 e. The minimum absolute atomic E-state index is 0.0962. The van der Waals surface area contributed by atoms with Crippen molar-refractivity contribution in [2.24, 2.45) is 0 Å². The molecule has 0 atom stereocenters. The highest BCUT2D eigenvalue weighted by atomic mass is 79.9. The molecule has 1 heterocycles. The van der Waals surface area contributed by atoms with Gasteiger partial charge in [-0.15, -0.1) is 0 Å². The Labute approximate surface area is 78.0 Å². The first kappa shape index (κ1) is 9.41. The SMILES string of the molecule is COCc1cc(C(=O)CBr)no1. The second-order valence-electron chi connectivity index (χ2n) is 2.17. The van der Waals surface area contributed by atoms with Crippen LogP contribution in [-0.4, -0.2) is 23.4 Å². The first-order chi connectivity index (χ1) is 5.77. The third kappa shape index (κ3) is 2.15. The summed E-state index contributed by atoms with van der Waals surface area (Å²) < 4.78 is 9.61. The maximum absolute atomic E-state index is 11.0. The average molecular weight is 234 g/mol. The monoisotopic (exact) mass is 233 g/mol. The number of aromatic nitrogens is 1. The average Bonchev–Trinajstić information content (AvgIpc) is 2.52. The molecule has 0 aromatic carbocycles. The van der Waals surface area contributed by atoms with Crippen LogP contribution in [0.4, 0.5) is 0 Å². The van der Waals surface area contributed by atoms with Crippen molar-refractivity contribution in [1.82, 2.24) is 5.16 Å². The summed E-state index contributed by atoms with van der Waals surface area (Å²) in [6.45, 7) is 0.336. The van der Waals surface area contributed by atoms with Crippen LogP contribution in [0, 0.1) is 0 Å². The van der Waals surface area contributed by atoms with Crippen molar-refractivity contribution in [3.05, 3.63) is 17.5 Å². The standard InChI is InChI=1S/C7H8BrNO3/c1-11-4-5-2-6(9-12-5)7(10)3-8/h2H,3-4H2,1H3. The molecule has 4 nitrogen and oxygen atoms in total. The van der Waals surface area contributed by atoms with Gasteiger partial charge in [-0.25, -0.2) is 0 Å². The van der Waals surface area contributed by atoms with Gasteiger partial charge in [0.25, 0.3) is 0 Å². The summed E-state index contributed by atoms with van der Waals surface area (Å²) in [6, 6.07) is 1.58. The van der Waals surface area contributed by atoms with Gasteiger partial charge in [0.15, 0.2) is 17.2 Å². The van der Waals surface area contributed by atoms with Crippen LogP contribution in [0.5, 0.6) is 0 Å². The topological polar surface area (TPSA) is 52.3 Å². The molecule has 0 unspecified atom stereocenters. The number of hydrogen-bond acceptors (Lipinski definition) is 4. The van der Waals surface area contributed by atoms with Crippen molar-refractivity contribution >= 4 is 21.7 Å². The Bertz CT molecular complexity index is 271. The van der Waals surface area contributed by atoms with E-state index in [1.54, 1.807) is 13.2 Å². The van der Waals surface area contributed by atoms with E-state index in [4.69, 9.17) is 9.26 Å². The molecule has 0 aliphatic heterocycles. The Morgan fingerprint density at radius 2 is 2.58 bits per heavy atom. The second-order valence-corrected chi connectivity index (χ2v) is 2.73. The lowest BCUT2D eigenvalue weighted by atomic mass is 10.3. The molecule has 1 aromatic heterocycles. The number of nitrogens with zero attached hydrogens (tertiary/aromatic N) is 1. The van der Waals surface area contributed by atoms with Crippen LogP contribution in [0.15, 0.2) is 10.6 Å². The highest BCUT2D eigenvalue weighted by molar-refractivity contribution is 9.09. The van der Waals surface area contributed by atoms with Crippen LogP contribution in [0.2, 0.25) is 0 Å². The summed E-state index contributed by atoms with van der Waals surface area (Å²) in [5, 5.41) is 3.83. The molecule has 0 spiro atoms. The number of Topliss-reactive ketones (excluding diaryl/α,β-unsaturated/α-hetero) is 1. The fraction of sp³-hybridized carbons (Fsp3) is 0.429. The van der Waals surface area contributed by atoms with Gasteiger partial charge in [-0.05, 0) is 0 Å². The van der Waals surface area contributed by atoms with Gasteiger partial charge >= 0.3 is 0 Å². The van der Waals surface area contributed by atoms with Crippen molar-refractivity contribution in [1.29, 1.82) is 0 Å². The fourth-order valence-electron chi connectivity index (χ4n) is 0.723. The van der Waals surface area contributed by atoms with E-state index in [-0.39, 0.29) is 11.1 Å². The summed E-state index contributed by atoms with van der Waals surface area (Å²) in [5.74, 6) is 0.461. The van der Waals surface area contributed by atoms with Crippen LogP contribution in [-0.2, 0) is 11.3 Å². The first-order valence-electron chi connectivity index (χ1n) is 3.31. The number of alkyl halides is 1. The van der Waals surface area contributed by atoms with E-state index in [0.717, 1.165) is 0 Å². The quantitative estimate of drug-likeness (QED) is 0.583. The number of carbonyl (C=O) groups excluding carboxylic acids is 1. The zero-order chi connectivity index (χ0) is 8.97. The fourth-order valence-corrected chi connectivity index (χ4v) is 1.01. The third-order valence-corrected chi connectivity index (χ3v) is 1.76. The van der Waals surface area contributed by atoms with Crippen molar-refractivity contribution < 1.29 is 14.1 Å². The summed E-state index contributed by atoms with van der Waals surface area (Å²) in [7, 11) is 1.55. The molecule has 0 saturated carbocycles. The van der Waals surface area contributed by atoms with Gasteiger partial charge in [0.1, 0.15) is 6.61 Å². The van der Waals surface area contributed by atoms with Gasteiger partial charge in [0, 0.05) is 13.2 Å². The van der Waals surface area contributed by atoms with Crippen LogP contribution in [0.1, 0.15) is 16.2 Å². The van der Waals surface area contributed by atoms with E-state index in [1.165, 1.54) is 0 Å². The van der Waals surface area contributed by atoms with Gasteiger partial charge < -0.3 is 9.26 Å². The van der Waals surface area contributed by atoms with E-state index < -0.39 is 0 Å². The van der Waals surface area contributed by atoms with Gasteiger partial charge in [0.05, 0.1) is 5.33 Å². The van der Waals surface area contributed by atoms with E-state index in [1.807, 2.05) is 0 Å². The Balaban J connectivity index is 2.70. The number of rotatable bonds is 4. The number of halogens is 1. The Morgan fingerprint density at radius 1 is 1.83 bits per heavy atom. The molecule has 0 bridgehead atoms. The number of methoxy groups -OCH3 is 1. The maximum Gasteiger partial charge on any atom is 0.195 e. The zero-order valence-electron chi connectivity index (χ0n) is 6.54. The van der Waals surface area contributed by atoms with Gasteiger partial charge in [-0.2, -0.15) is 0 Å². The van der Waals surface area contributed by atoms with Crippen LogP contribution in [0.25, 0.3) is 0 Å². The number of carbonyl (C=O) groups is 1. The molecule has 0 radical (unpaired) electrons. The molecule has 66 valence electrons. The molecule has 0 N–H and O–H groups in total. The molecule has 5 heteroatoms. The van der Waals surface area contributed by atoms with Crippen LogP contribution in [0.3, 0.4) is 0 Å². The summed E-state index contributed by atoms with van der Waals surface area (Å²) in [6.07, 6.45) is 0. The van der Waals surface area contributed by atoms with E-state index in [0.29, 0.717) is 18.1 Å². The second kappa shape index (κ2) is 4.37. The molecule has 0 aliphatic carbocycles. The Hall–Kier alpha value is -0.680. The lowest BCUT2D eigenvalue weighted by Gasteiger charge is -1.87. The molecule has 0 amide bonds. The van der Waals surface area contributed by atoms with Crippen LogP contribution < -0.4 is 0 Å². The predicted molar refractivity (Wildman–Crippen MR) is 45.3 cm³/mol. The molecule has 0 fully saturated rings. The van der Waals surface area contributed by atoms with E-state index in [9.17, 15) is 4.79 Å². The number of hydrogen-bond donors (Lipinski definition) is 0. The molecule has 1 aromatic rings. The van der Waals surface area contributed by atoms with Gasteiger partial charge in [-0.3, -0.25) is 4.79 Å². The van der Waals surface area contributed by atoms with E-state index in [2.05, 4.69) is 21.1 Å². The Kier molecular flexibility index (Phi) is 3.43. The van der Waals surface area contributed by atoms with Crippen molar-refractivity contribution in [2.75, 3.05) is 12.4 Å². The van der Waals surface area contributed by atoms with Crippen molar-refractivity contribution in [2.45, 2.75) is 6.61 Å². The molecular formula is C7H8BrNO3. The minimum Gasteiger partial charge on any atom is -0.377 e. The van der Waals surface area contributed by atoms with E-state index >= 15 is 0 Å². The summed E-state index contributed by atoms with van der Waals surface area (Å²) >= 11 is 3.04. The Morgan fingerprint density at radius 3 is 3.17 bits per heavy atom. The highest BCUT2D eigenvalue weighted by Crippen LogP contribution is 2.06. The molecule has 1 rings (SSSR count). The normalized spacial score (nSPS) is 10.2. The molecule has 0 saturated heterocycles. The first-order valence-corrected chi connectivity index (χ1v) is 4.43. The largest absolute Gasteiger partial charge is 0.377 e. The minimum atomic E-state index is -0.0962. The third-order valence-electron chi connectivity index (χ3n) is 1.25.